The Kier molecular flexibility index (Phi) is 3.21. The van der Waals surface area contributed by atoms with Gasteiger partial charge in [-0.1, -0.05) is 42.5 Å². The molecule has 0 heterocycles. The molecule has 0 bridgehead atoms. The second-order valence-electron chi connectivity index (χ2n) is 3.89. The summed E-state index contributed by atoms with van der Waals surface area (Å²) in [5.41, 5.74) is 1.25. The molecule has 1 aliphatic rings. The van der Waals surface area contributed by atoms with Gasteiger partial charge in [0.2, 0.25) is 0 Å². The van der Waals surface area contributed by atoms with Gasteiger partial charge in [-0.15, -0.1) is 0 Å². The summed E-state index contributed by atoms with van der Waals surface area (Å²) in [5, 5.41) is 9.63. The Morgan fingerprint density at radius 3 is 2.75 bits per heavy atom. The minimum absolute atomic E-state index is 0.138. The van der Waals surface area contributed by atoms with Gasteiger partial charge in [0.05, 0.1) is 0 Å². The van der Waals surface area contributed by atoms with Crippen LogP contribution in [0.15, 0.2) is 23.5 Å². The van der Waals surface area contributed by atoms with Crippen LogP contribution in [0.4, 0.5) is 0 Å². The standard InChI is InChI=1S/C10H15IO/c1-10(2)5-3-8(4-6-11)9(12)7-10/h3,7,12H,4-6H2,1-2H3. The van der Waals surface area contributed by atoms with Crippen molar-refractivity contribution in [3.63, 3.8) is 0 Å². The van der Waals surface area contributed by atoms with Crippen molar-refractivity contribution in [2.75, 3.05) is 4.43 Å². The van der Waals surface area contributed by atoms with Crippen LogP contribution in [0.3, 0.4) is 0 Å². The fourth-order valence-corrected chi connectivity index (χ4v) is 1.93. The molecule has 0 saturated heterocycles. The Labute approximate surface area is 87.7 Å². The Morgan fingerprint density at radius 1 is 1.58 bits per heavy atom. The molecule has 1 aliphatic carbocycles. The average molecular weight is 278 g/mol. The number of halogens is 1. The van der Waals surface area contributed by atoms with Gasteiger partial charge in [-0.25, -0.2) is 0 Å². The lowest BCUT2D eigenvalue weighted by Crippen LogP contribution is -2.12. The molecule has 0 aromatic heterocycles. The number of hydrogen-bond donors (Lipinski definition) is 1. The lowest BCUT2D eigenvalue weighted by Gasteiger charge is -2.24. The van der Waals surface area contributed by atoms with E-state index in [0.717, 1.165) is 22.8 Å². The fraction of sp³-hybridized carbons (Fsp3) is 0.600. The molecule has 1 N–H and O–H groups in total. The van der Waals surface area contributed by atoms with Crippen LogP contribution in [-0.4, -0.2) is 9.53 Å². The van der Waals surface area contributed by atoms with Crippen molar-refractivity contribution in [3.8, 4) is 0 Å². The molecule has 0 spiro atoms. The highest BCUT2D eigenvalue weighted by Gasteiger charge is 2.20. The van der Waals surface area contributed by atoms with Crippen molar-refractivity contribution in [2.24, 2.45) is 5.41 Å². The normalized spacial score (nSPS) is 21.6. The molecule has 0 aromatic carbocycles. The molecule has 0 atom stereocenters. The van der Waals surface area contributed by atoms with Crippen LogP contribution in [0.1, 0.15) is 26.7 Å². The first-order chi connectivity index (χ1) is 5.55. The Balaban J connectivity index is 2.72. The highest BCUT2D eigenvalue weighted by Crippen LogP contribution is 2.32. The number of alkyl halides is 1. The molecule has 0 saturated carbocycles. The highest BCUT2D eigenvalue weighted by atomic mass is 127. The molecule has 0 unspecified atom stereocenters. The summed E-state index contributed by atoms with van der Waals surface area (Å²) < 4.78 is 1.07. The van der Waals surface area contributed by atoms with Crippen LogP contribution in [0.5, 0.6) is 0 Å². The molecule has 0 fully saturated rings. The van der Waals surface area contributed by atoms with E-state index in [0.29, 0.717) is 5.76 Å². The summed E-state index contributed by atoms with van der Waals surface area (Å²) in [6, 6.07) is 0. The monoisotopic (exact) mass is 278 g/mol. The highest BCUT2D eigenvalue weighted by molar-refractivity contribution is 14.1. The second-order valence-corrected chi connectivity index (χ2v) is 4.97. The first-order valence-corrected chi connectivity index (χ1v) is 5.75. The number of aliphatic hydroxyl groups is 1. The maximum atomic E-state index is 9.63. The van der Waals surface area contributed by atoms with Gasteiger partial charge in [-0.05, 0) is 29.9 Å². The van der Waals surface area contributed by atoms with Crippen LogP contribution in [-0.2, 0) is 0 Å². The molecule has 1 rings (SSSR count). The van der Waals surface area contributed by atoms with Crippen molar-refractivity contribution in [1.29, 1.82) is 0 Å². The van der Waals surface area contributed by atoms with E-state index in [1.54, 1.807) is 0 Å². The van der Waals surface area contributed by atoms with Crippen LogP contribution in [0.2, 0.25) is 0 Å². The Hall–Kier alpha value is 0.01000. The zero-order chi connectivity index (χ0) is 9.19. The maximum absolute atomic E-state index is 9.63. The zero-order valence-corrected chi connectivity index (χ0v) is 9.76. The molecule has 0 radical (unpaired) electrons. The first-order valence-electron chi connectivity index (χ1n) is 4.22. The SMILES string of the molecule is CC1(C)C=C(O)C(CCI)=CC1. The molecule has 0 aromatic rings. The summed E-state index contributed by atoms with van der Waals surface area (Å²) in [6.07, 6.45) is 6.16. The van der Waals surface area contributed by atoms with E-state index >= 15 is 0 Å². The number of rotatable bonds is 2. The van der Waals surface area contributed by atoms with Crippen LogP contribution in [0, 0.1) is 5.41 Å². The largest absolute Gasteiger partial charge is 0.508 e. The second kappa shape index (κ2) is 3.81. The van der Waals surface area contributed by atoms with Crippen molar-refractivity contribution in [3.05, 3.63) is 23.5 Å². The van der Waals surface area contributed by atoms with Gasteiger partial charge < -0.3 is 5.11 Å². The Morgan fingerprint density at radius 2 is 2.25 bits per heavy atom. The molecule has 12 heavy (non-hydrogen) atoms. The third-order valence-electron chi connectivity index (χ3n) is 2.09. The predicted octanol–water partition coefficient (Wildman–Crippen LogP) is 3.61. The summed E-state index contributed by atoms with van der Waals surface area (Å²) in [5.74, 6) is 0.489. The van der Waals surface area contributed by atoms with E-state index in [1.807, 2.05) is 6.08 Å². The lowest BCUT2D eigenvalue weighted by molar-refractivity contribution is 0.377. The Bertz CT molecular complexity index is 226. The fourth-order valence-electron chi connectivity index (χ4n) is 1.34. The van der Waals surface area contributed by atoms with Crippen LogP contribution >= 0.6 is 22.6 Å². The first kappa shape index (κ1) is 10.1. The van der Waals surface area contributed by atoms with E-state index in [9.17, 15) is 5.11 Å². The van der Waals surface area contributed by atoms with E-state index in [4.69, 9.17) is 0 Å². The van der Waals surface area contributed by atoms with Gasteiger partial charge in [0, 0.05) is 4.43 Å². The molecule has 0 amide bonds. The number of allylic oxidation sites excluding steroid dienone is 3. The van der Waals surface area contributed by atoms with E-state index in [1.165, 1.54) is 0 Å². The third kappa shape index (κ3) is 2.51. The molecular formula is C10H15IO. The zero-order valence-electron chi connectivity index (χ0n) is 7.60. The van der Waals surface area contributed by atoms with E-state index in [-0.39, 0.29) is 5.41 Å². The predicted molar refractivity (Wildman–Crippen MR) is 60.7 cm³/mol. The third-order valence-corrected chi connectivity index (χ3v) is 2.63. The minimum atomic E-state index is 0.138. The summed E-state index contributed by atoms with van der Waals surface area (Å²) in [6.45, 7) is 4.28. The van der Waals surface area contributed by atoms with Gasteiger partial charge in [0.1, 0.15) is 5.76 Å². The average Bonchev–Trinajstić information content (AvgIpc) is 1.94. The molecule has 2 heteroatoms. The molecule has 68 valence electrons. The van der Waals surface area contributed by atoms with E-state index in [2.05, 4.69) is 42.5 Å². The summed E-state index contributed by atoms with van der Waals surface area (Å²) in [4.78, 5) is 0. The van der Waals surface area contributed by atoms with Crippen molar-refractivity contribution < 1.29 is 5.11 Å². The van der Waals surface area contributed by atoms with Crippen LogP contribution < -0.4 is 0 Å². The van der Waals surface area contributed by atoms with Crippen molar-refractivity contribution in [2.45, 2.75) is 26.7 Å². The van der Waals surface area contributed by atoms with Crippen molar-refractivity contribution in [1.82, 2.24) is 0 Å². The number of aliphatic hydroxyl groups excluding tert-OH is 1. The van der Waals surface area contributed by atoms with Gasteiger partial charge in [-0.2, -0.15) is 0 Å². The quantitative estimate of drug-likeness (QED) is 0.604. The summed E-state index contributed by atoms with van der Waals surface area (Å²) in [7, 11) is 0. The van der Waals surface area contributed by atoms with Crippen LogP contribution in [0.25, 0.3) is 0 Å². The molecular weight excluding hydrogens is 263 g/mol. The number of hydrogen-bond acceptors (Lipinski definition) is 1. The lowest BCUT2D eigenvalue weighted by atomic mass is 9.83. The molecule has 0 aliphatic heterocycles. The van der Waals surface area contributed by atoms with Gasteiger partial charge in [0.25, 0.3) is 0 Å². The van der Waals surface area contributed by atoms with E-state index < -0.39 is 0 Å². The van der Waals surface area contributed by atoms with Gasteiger partial charge in [-0.3, -0.25) is 0 Å². The summed E-state index contributed by atoms with van der Waals surface area (Å²) >= 11 is 2.33. The molecule has 1 nitrogen and oxygen atoms in total. The van der Waals surface area contributed by atoms with Gasteiger partial charge >= 0.3 is 0 Å². The topological polar surface area (TPSA) is 20.2 Å². The van der Waals surface area contributed by atoms with Crippen molar-refractivity contribution >= 4 is 22.6 Å². The smallest absolute Gasteiger partial charge is 0.115 e. The van der Waals surface area contributed by atoms with Gasteiger partial charge in [0.15, 0.2) is 0 Å². The maximum Gasteiger partial charge on any atom is 0.115 e. The minimum Gasteiger partial charge on any atom is -0.508 e.